The number of para-hydroxylation sites is 1. The molecule has 0 unspecified atom stereocenters. The van der Waals surface area contributed by atoms with Crippen LogP contribution in [0.4, 0.5) is 8.78 Å². The fourth-order valence-corrected chi connectivity index (χ4v) is 1.94. The first-order valence-electron chi connectivity index (χ1n) is 6.06. The predicted molar refractivity (Wildman–Crippen MR) is 76.1 cm³/mol. The van der Waals surface area contributed by atoms with E-state index in [4.69, 9.17) is 21.4 Å². The second kappa shape index (κ2) is 7.07. The zero-order chi connectivity index (χ0) is 15.2. The number of aliphatic hydroxyl groups is 1. The minimum absolute atomic E-state index is 0.0494. The highest BCUT2D eigenvalue weighted by molar-refractivity contribution is 6.32. The molecule has 0 saturated carbocycles. The van der Waals surface area contributed by atoms with Gasteiger partial charge in [0.25, 0.3) is 0 Å². The largest absolute Gasteiger partial charge is 0.484 e. The first-order valence-corrected chi connectivity index (χ1v) is 6.44. The van der Waals surface area contributed by atoms with Crippen molar-refractivity contribution in [2.24, 2.45) is 0 Å². The molecule has 108 valence electrons. The van der Waals surface area contributed by atoms with E-state index in [1.165, 1.54) is 30.3 Å². The van der Waals surface area contributed by atoms with Crippen molar-refractivity contribution in [1.29, 1.82) is 0 Å². The number of hydrogen-bond donors (Lipinski definition) is 1. The van der Waals surface area contributed by atoms with Gasteiger partial charge < -0.3 is 9.84 Å². The maximum absolute atomic E-state index is 13.5. The normalized spacial score (nSPS) is 9.90. The summed E-state index contributed by atoms with van der Waals surface area (Å²) < 4.78 is 32.3. The Labute approximate surface area is 125 Å². The lowest BCUT2D eigenvalue weighted by Gasteiger charge is -2.09. The molecule has 0 aliphatic carbocycles. The van der Waals surface area contributed by atoms with Crippen LogP contribution >= 0.6 is 11.6 Å². The maximum Gasteiger partial charge on any atom is 0.174 e. The minimum Gasteiger partial charge on any atom is -0.484 e. The molecule has 0 heterocycles. The molecule has 0 radical (unpaired) electrons. The first-order chi connectivity index (χ1) is 10.1. The van der Waals surface area contributed by atoms with E-state index < -0.39 is 11.6 Å². The van der Waals surface area contributed by atoms with Gasteiger partial charge in [0, 0.05) is 5.56 Å². The van der Waals surface area contributed by atoms with Crippen LogP contribution < -0.4 is 4.74 Å². The van der Waals surface area contributed by atoms with Gasteiger partial charge in [0.15, 0.2) is 11.6 Å². The second-order valence-electron chi connectivity index (χ2n) is 4.15. The summed E-state index contributed by atoms with van der Waals surface area (Å²) >= 11 is 5.84. The zero-order valence-corrected chi connectivity index (χ0v) is 11.6. The van der Waals surface area contributed by atoms with Crippen molar-refractivity contribution in [1.82, 2.24) is 0 Å². The molecule has 0 atom stereocenters. The predicted octanol–water partition coefficient (Wildman–Crippen LogP) is 3.54. The third-order valence-corrected chi connectivity index (χ3v) is 2.87. The zero-order valence-electron chi connectivity index (χ0n) is 10.9. The smallest absolute Gasteiger partial charge is 0.174 e. The van der Waals surface area contributed by atoms with Crippen LogP contribution in [-0.4, -0.2) is 11.7 Å². The Balaban J connectivity index is 2.18. The van der Waals surface area contributed by atoms with Gasteiger partial charge in [-0.3, -0.25) is 0 Å². The first kappa shape index (κ1) is 15.3. The molecule has 0 saturated heterocycles. The Kier molecular flexibility index (Phi) is 5.15. The number of halogens is 3. The fraction of sp³-hybridized carbons (Fsp3) is 0.125. The van der Waals surface area contributed by atoms with Gasteiger partial charge in [0.05, 0.1) is 5.02 Å². The van der Waals surface area contributed by atoms with E-state index in [0.29, 0.717) is 11.1 Å². The summed E-state index contributed by atoms with van der Waals surface area (Å²) in [7, 11) is 0. The lowest BCUT2D eigenvalue weighted by Crippen LogP contribution is -1.99. The maximum atomic E-state index is 13.5. The van der Waals surface area contributed by atoms with Crippen LogP contribution in [-0.2, 0) is 6.61 Å². The highest BCUT2D eigenvalue weighted by Crippen LogP contribution is 2.28. The topological polar surface area (TPSA) is 29.5 Å². The molecule has 5 heteroatoms. The van der Waals surface area contributed by atoms with Gasteiger partial charge in [-0.05, 0) is 35.9 Å². The van der Waals surface area contributed by atoms with E-state index >= 15 is 0 Å². The van der Waals surface area contributed by atoms with Gasteiger partial charge >= 0.3 is 0 Å². The number of ether oxygens (including phenoxy) is 1. The molecule has 0 aliphatic rings. The average molecular weight is 309 g/mol. The molecule has 2 aromatic carbocycles. The molecular formula is C16H11ClF2O2. The molecular weight excluding hydrogens is 298 g/mol. The van der Waals surface area contributed by atoms with Gasteiger partial charge in [0.2, 0.25) is 0 Å². The summed E-state index contributed by atoms with van der Waals surface area (Å²) in [5, 5.41) is 8.78. The second-order valence-corrected chi connectivity index (χ2v) is 4.55. The number of rotatable bonds is 3. The molecule has 0 aliphatic heterocycles. The van der Waals surface area contributed by atoms with Crippen molar-refractivity contribution in [3.8, 4) is 17.6 Å². The van der Waals surface area contributed by atoms with Crippen LogP contribution in [0.2, 0.25) is 5.02 Å². The summed E-state index contributed by atoms with van der Waals surface area (Å²) in [6.07, 6.45) is 0. The third-order valence-electron chi connectivity index (χ3n) is 2.57. The van der Waals surface area contributed by atoms with Gasteiger partial charge in [-0.15, -0.1) is 0 Å². The number of hydrogen-bond acceptors (Lipinski definition) is 2. The monoisotopic (exact) mass is 308 g/mol. The van der Waals surface area contributed by atoms with Crippen molar-refractivity contribution < 1.29 is 18.6 Å². The summed E-state index contributed by atoms with van der Waals surface area (Å²) in [4.78, 5) is 0. The Hall–Kier alpha value is -2.09. The Morgan fingerprint density at radius 2 is 2.00 bits per heavy atom. The van der Waals surface area contributed by atoms with Crippen molar-refractivity contribution in [3.63, 3.8) is 0 Å². The summed E-state index contributed by atoms with van der Waals surface area (Å²) in [6.45, 7) is -0.362. The molecule has 21 heavy (non-hydrogen) atoms. The Morgan fingerprint density at radius 3 is 2.71 bits per heavy atom. The van der Waals surface area contributed by atoms with E-state index in [1.807, 2.05) is 0 Å². The quantitative estimate of drug-likeness (QED) is 0.879. The molecule has 0 fully saturated rings. The average Bonchev–Trinajstić information content (AvgIpc) is 2.44. The SMILES string of the molecule is OCC#Cc1cc(F)cc(COc2c(F)cccc2Cl)c1. The summed E-state index contributed by atoms with van der Waals surface area (Å²) in [5.41, 5.74) is 0.888. The van der Waals surface area contributed by atoms with E-state index in [1.54, 1.807) is 6.07 Å². The van der Waals surface area contributed by atoms with Crippen LogP contribution in [0.3, 0.4) is 0 Å². The molecule has 0 bridgehead atoms. The molecule has 1 N–H and O–H groups in total. The molecule has 0 amide bonds. The van der Waals surface area contributed by atoms with Gasteiger partial charge in [0.1, 0.15) is 19.0 Å². The minimum atomic E-state index is -0.584. The lowest BCUT2D eigenvalue weighted by molar-refractivity contribution is 0.290. The van der Waals surface area contributed by atoms with Crippen molar-refractivity contribution in [2.75, 3.05) is 6.61 Å². The van der Waals surface area contributed by atoms with Gasteiger partial charge in [-0.2, -0.15) is 0 Å². The molecule has 0 spiro atoms. The summed E-state index contributed by atoms with van der Waals surface area (Å²) in [5.74, 6) is 3.88. The van der Waals surface area contributed by atoms with Crippen LogP contribution in [0.15, 0.2) is 36.4 Å². The van der Waals surface area contributed by atoms with Crippen molar-refractivity contribution in [3.05, 3.63) is 64.2 Å². The molecule has 2 aromatic rings. The van der Waals surface area contributed by atoms with E-state index in [2.05, 4.69) is 11.8 Å². The van der Waals surface area contributed by atoms with Crippen molar-refractivity contribution >= 4 is 11.6 Å². The van der Waals surface area contributed by atoms with Crippen LogP contribution in [0.5, 0.6) is 5.75 Å². The van der Waals surface area contributed by atoms with E-state index in [-0.39, 0.29) is 24.0 Å². The Morgan fingerprint density at radius 1 is 1.19 bits per heavy atom. The van der Waals surface area contributed by atoms with Crippen LogP contribution in [0.1, 0.15) is 11.1 Å². The highest BCUT2D eigenvalue weighted by Gasteiger charge is 2.09. The number of aliphatic hydroxyl groups excluding tert-OH is 1. The lowest BCUT2D eigenvalue weighted by atomic mass is 10.1. The van der Waals surface area contributed by atoms with Crippen molar-refractivity contribution in [2.45, 2.75) is 6.61 Å². The standard InChI is InChI=1S/C16H11ClF2O2/c17-14-4-1-5-15(19)16(14)21-10-12-7-11(3-2-6-20)8-13(18)9-12/h1,4-5,7-9,20H,6,10H2. The molecule has 0 aromatic heterocycles. The molecule has 2 nitrogen and oxygen atoms in total. The number of benzene rings is 2. The fourth-order valence-electron chi connectivity index (χ4n) is 1.72. The molecule has 2 rings (SSSR count). The highest BCUT2D eigenvalue weighted by atomic mass is 35.5. The summed E-state index contributed by atoms with van der Waals surface area (Å²) in [6, 6.07) is 8.30. The van der Waals surface area contributed by atoms with E-state index in [9.17, 15) is 8.78 Å². The van der Waals surface area contributed by atoms with Gasteiger partial charge in [-0.1, -0.05) is 29.5 Å². The Bertz CT molecular complexity index is 685. The third kappa shape index (κ3) is 4.19. The van der Waals surface area contributed by atoms with Crippen LogP contribution in [0, 0.1) is 23.5 Å². The van der Waals surface area contributed by atoms with E-state index in [0.717, 1.165) is 0 Å². The van der Waals surface area contributed by atoms with Gasteiger partial charge in [-0.25, -0.2) is 8.78 Å². The van der Waals surface area contributed by atoms with Crippen LogP contribution in [0.25, 0.3) is 0 Å².